The van der Waals surface area contributed by atoms with E-state index in [2.05, 4.69) is 15.9 Å². The molecule has 9 heteroatoms. The summed E-state index contributed by atoms with van der Waals surface area (Å²) in [5.74, 6) is 1.27. The number of halogens is 1. The van der Waals surface area contributed by atoms with Gasteiger partial charge < -0.3 is 19.1 Å². The molecule has 0 aliphatic carbocycles. The zero-order chi connectivity index (χ0) is 20.7. The number of likely N-dealkylation sites (N-methyl/N-ethyl adjacent to an activating group) is 1. The molecule has 2 aromatic rings. The van der Waals surface area contributed by atoms with E-state index in [0.29, 0.717) is 35.9 Å². The lowest BCUT2D eigenvalue weighted by atomic mass is 10.0. The fourth-order valence-electron chi connectivity index (χ4n) is 3.52. The second-order valence-electron chi connectivity index (χ2n) is 6.64. The Morgan fingerprint density at radius 1 is 1.31 bits per heavy atom. The van der Waals surface area contributed by atoms with Crippen molar-refractivity contribution in [2.45, 2.75) is 6.42 Å². The molecule has 29 heavy (non-hydrogen) atoms. The molecule has 2 aromatic carbocycles. The number of nitro groups is 1. The van der Waals surface area contributed by atoms with Crippen molar-refractivity contribution in [2.24, 2.45) is 0 Å². The summed E-state index contributed by atoms with van der Waals surface area (Å²) in [5, 5.41) is 11.1. The smallest absolute Gasteiger partial charge is 0.270 e. The number of ether oxygens (including phenoxy) is 3. The summed E-state index contributed by atoms with van der Waals surface area (Å²) in [6.45, 7) is 0.664. The van der Waals surface area contributed by atoms with E-state index < -0.39 is 4.92 Å². The van der Waals surface area contributed by atoms with Gasteiger partial charge in [-0.2, -0.15) is 0 Å². The minimum absolute atomic E-state index is 0.0935. The van der Waals surface area contributed by atoms with Crippen LogP contribution in [0.1, 0.15) is 21.5 Å². The highest BCUT2D eigenvalue weighted by molar-refractivity contribution is 9.10. The molecule has 8 nitrogen and oxygen atoms in total. The standard InChI is InChI=1S/C20H17BrN2O6/c1-22-7-6-13-14(18(27-2)20-19(16(13)21)28-10-29-20)9-15(22)17(24)11-4-3-5-12(8-11)23(25)26/h3-5,8-9H,6-7,10H2,1-2H3. The second kappa shape index (κ2) is 7.40. The van der Waals surface area contributed by atoms with Crippen LogP contribution in [0, 0.1) is 10.1 Å². The number of fused-ring (bicyclic) bond motifs is 2. The maximum Gasteiger partial charge on any atom is 0.270 e. The molecule has 2 heterocycles. The van der Waals surface area contributed by atoms with E-state index in [1.807, 2.05) is 11.9 Å². The fourth-order valence-corrected chi connectivity index (χ4v) is 4.23. The van der Waals surface area contributed by atoms with Gasteiger partial charge in [0.1, 0.15) is 0 Å². The zero-order valence-electron chi connectivity index (χ0n) is 15.7. The van der Waals surface area contributed by atoms with Gasteiger partial charge in [-0.1, -0.05) is 12.1 Å². The number of ketones is 1. The Morgan fingerprint density at radius 2 is 2.07 bits per heavy atom. The van der Waals surface area contributed by atoms with Crippen molar-refractivity contribution in [1.29, 1.82) is 0 Å². The predicted octanol–water partition coefficient (Wildman–Crippen LogP) is 3.81. The van der Waals surface area contributed by atoms with Gasteiger partial charge in [-0.05, 0) is 34.0 Å². The Kier molecular flexibility index (Phi) is 4.91. The van der Waals surface area contributed by atoms with Crippen molar-refractivity contribution >= 4 is 33.5 Å². The molecule has 4 rings (SSSR count). The molecule has 0 fully saturated rings. The van der Waals surface area contributed by atoms with Gasteiger partial charge in [0, 0.05) is 36.9 Å². The van der Waals surface area contributed by atoms with E-state index in [-0.39, 0.29) is 23.8 Å². The average molecular weight is 461 g/mol. The summed E-state index contributed by atoms with van der Waals surface area (Å²) in [5.41, 5.74) is 2.20. The molecule has 2 aliphatic rings. The van der Waals surface area contributed by atoms with E-state index >= 15 is 0 Å². The fraction of sp³-hybridized carbons (Fsp3) is 0.250. The van der Waals surface area contributed by atoms with Gasteiger partial charge in [-0.3, -0.25) is 14.9 Å². The summed E-state index contributed by atoms with van der Waals surface area (Å²) < 4.78 is 17.5. The van der Waals surface area contributed by atoms with E-state index in [1.165, 1.54) is 25.3 Å². The van der Waals surface area contributed by atoms with E-state index in [0.717, 1.165) is 15.6 Å². The molecule has 0 bridgehead atoms. The van der Waals surface area contributed by atoms with Crippen molar-refractivity contribution in [3.05, 3.63) is 61.2 Å². The van der Waals surface area contributed by atoms with Crippen LogP contribution in [-0.2, 0) is 6.42 Å². The van der Waals surface area contributed by atoms with Gasteiger partial charge >= 0.3 is 0 Å². The second-order valence-corrected chi connectivity index (χ2v) is 7.43. The Labute approximate surface area is 174 Å². The van der Waals surface area contributed by atoms with Crippen LogP contribution in [0.25, 0.3) is 6.08 Å². The number of carbonyl (C=O) groups excluding carboxylic acids is 1. The number of methoxy groups -OCH3 is 1. The molecule has 0 N–H and O–H groups in total. The molecule has 0 saturated heterocycles. The largest absolute Gasteiger partial charge is 0.492 e. The third kappa shape index (κ3) is 3.21. The number of rotatable bonds is 4. The highest BCUT2D eigenvalue weighted by Gasteiger charge is 2.31. The number of nitrogens with zero attached hydrogens (tertiary/aromatic N) is 2. The Bertz CT molecular complexity index is 1070. The Morgan fingerprint density at radius 3 is 2.79 bits per heavy atom. The number of hydrogen-bond acceptors (Lipinski definition) is 7. The van der Waals surface area contributed by atoms with Crippen LogP contribution in [0.4, 0.5) is 5.69 Å². The van der Waals surface area contributed by atoms with Crippen LogP contribution in [-0.4, -0.2) is 43.1 Å². The monoisotopic (exact) mass is 460 g/mol. The highest BCUT2D eigenvalue weighted by Crippen LogP contribution is 2.51. The molecule has 0 aromatic heterocycles. The van der Waals surface area contributed by atoms with Gasteiger partial charge in [0.2, 0.25) is 18.3 Å². The lowest BCUT2D eigenvalue weighted by molar-refractivity contribution is -0.384. The molecule has 0 atom stereocenters. The van der Waals surface area contributed by atoms with Crippen LogP contribution in [0.2, 0.25) is 0 Å². The molecule has 0 saturated carbocycles. The lowest BCUT2D eigenvalue weighted by Gasteiger charge is -2.19. The van der Waals surface area contributed by atoms with Crippen molar-refractivity contribution in [3.8, 4) is 17.2 Å². The SMILES string of the molecule is COc1c2c(c(Br)c3c1OCO3)CCN(C)C(C(=O)c1cccc([N+](=O)[O-])c1)=C2. The molecule has 150 valence electrons. The van der Waals surface area contributed by atoms with Gasteiger partial charge in [-0.15, -0.1) is 0 Å². The first-order valence-electron chi connectivity index (χ1n) is 8.82. The van der Waals surface area contributed by atoms with Crippen LogP contribution < -0.4 is 14.2 Å². The van der Waals surface area contributed by atoms with Gasteiger partial charge in [-0.25, -0.2) is 0 Å². The predicted molar refractivity (Wildman–Crippen MR) is 109 cm³/mol. The zero-order valence-corrected chi connectivity index (χ0v) is 17.3. The first kappa shape index (κ1) is 19.3. The van der Waals surface area contributed by atoms with Crippen LogP contribution >= 0.6 is 15.9 Å². The summed E-state index contributed by atoms with van der Waals surface area (Å²) in [7, 11) is 3.35. The third-order valence-electron chi connectivity index (χ3n) is 5.00. The number of benzene rings is 2. The average Bonchev–Trinajstić information content (AvgIpc) is 3.14. The van der Waals surface area contributed by atoms with E-state index in [4.69, 9.17) is 14.2 Å². The minimum atomic E-state index is -0.516. The number of hydrogen-bond donors (Lipinski definition) is 0. The molecule has 0 amide bonds. The van der Waals surface area contributed by atoms with Gasteiger partial charge in [0.15, 0.2) is 11.5 Å². The first-order valence-corrected chi connectivity index (χ1v) is 9.61. The van der Waals surface area contributed by atoms with Crippen molar-refractivity contribution in [1.82, 2.24) is 4.90 Å². The number of Topliss-reactive ketones (excluding diaryl/α,β-unsaturated/α-hetero) is 1. The number of allylic oxidation sites excluding steroid dienone is 1. The van der Waals surface area contributed by atoms with Crippen molar-refractivity contribution < 1.29 is 23.9 Å². The highest BCUT2D eigenvalue weighted by atomic mass is 79.9. The molecule has 2 aliphatic heterocycles. The van der Waals surface area contributed by atoms with Gasteiger partial charge in [0.05, 0.1) is 22.2 Å². The lowest BCUT2D eigenvalue weighted by Crippen LogP contribution is -2.24. The van der Waals surface area contributed by atoms with Crippen LogP contribution in [0.5, 0.6) is 17.2 Å². The maximum absolute atomic E-state index is 13.2. The molecule has 0 radical (unpaired) electrons. The normalized spacial score (nSPS) is 14.7. The molecule has 0 unspecified atom stereocenters. The third-order valence-corrected chi connectivity index (χ3v) is 5.84. The quantitative estimate of drug-likeness (QED) is 0.389. The molecule has 0 spiro atoms. The summed E-state index contributed by atoms with van der Waals surface area (Å²) in [4.78, 5) is 25.6. The van der Waals surface area contributed by atoms with E-state index in [9.17, 15) is 14.9 Å². The van der Waals surface area contributed by atoms with Crippen molar-refractivity contribution in [3.63, 3.8) is 0 Å². The first-order chi connectivity index (χ1) is 13.9. The summed E-state index contributed by atoms with van der Waals surface area (Å²) in [6, 6.07) is 5.72. The Hall–Kier alpha value is -3.07. The minimum Gasteiger partial charge on any atom is -0.492 e. The number of carbonyl (C=O) groups is 1. The number of non-ortho nitro benzene ring substituents is 1. The maximum atomic E-state index is 13.2. The molecular weight excluding hydrogens is 444 g/mol. The van der Waals surface area contributed by atoms with Crippen LogP contribution in [0.3, 0.4) is 0 Å². The van der Waals surface area contributed by atoms with Crippen molar-refractivity contribution in [2.75, 3.05) is 27.5 Å². The van der Waals surface area contributed by atoms with E-state index in [1.54, 1.807) is 12.1 Å². The summed E-state index contributed by atoms with van der Waals surface area (Å²) in [6.07, 6.45) is 2.39. The molecular formula is C20H17BrN2O6. The summed E-state index contributed by atoms with van der Waals surface area (Å²) >= 11 is 3.60. The topological polar surface area (TPSA) is 91.1 Å². The van der Waals surface area contributed by atoms with Gasteiger partial charge in [0.25, 0.3) is 5.69 Å². The number of nitro benzene ring substituents is 1. The Balaban J connectivity index is 1.87. The van der Waals surface area contributed by atoms with Crippen LogP contribution in [0.15, 0.2) is 34.4 Å².